The van der Waals surface area contributed by atoms with Gasteiger partial charge < -0.3 is 10.2 Å². The van der Waals surface area contributed by atoms with Crippen molar-refractivity contribution in [2.24, 2.45) is 0 Å². The van der Waals surface area contributed by atoms with Crippen LogP contribution in [0.3, 0.4) is 0 Å². The molecule has 0 saturated carbocycles. The Balaban J connectivity index is 1.37. The average molecular weight is 378 g/mol. The van der Waals surface area contributed by atoms with Gasteiger partial charge in [-0.15, -0.1) is 0 Å². The minimum atomic E-state index is -0.155. The highest BCUT2D eigenvalue weighted by Gasteiger charge is 2.27. The van der Waals surface area contributed by atoms with E-state index in [1.807, 2.05) is 6.92 Å². The molecule has 1 atom stereocenters. The summed E-state index contributed by atoms with van der Waals surface area (Å²) in [5.41, 5.74) is 5.11. The average Bonchev–Trinajstić information content (AvgIpc) is 3.17. The van der Waals surface area contributed by atoms with Gasteiger partial charge in [0, 0.05) is 25.3 Å². The third-order valence-electron chi connectivity index (χ3n) is 6.18. The second kappa shape index (κ2) is 8.78. The Morgan fingerprint density at radius 3 is 2.50 bits per heavy atom. The van der Waals surface area contributed by atoms with E-state index in [4.69, 9.17) is 0 Å². The maximum Gasteiger partial charge on any atom is 0.242 e. The zero-order valence-corrected chi connectivity index (χ0v) is 16.9. The van der Waals surface area contributed by atoms with E-state index in [0.29, 0.717) is 6.54 Å². The van der Waals surface area contributed by atoms with E-state index in [2.05, 4.69) is 63.6 Å². The van der Waals surface area contributed by atoms with E-state index in [1.54, 1.807) is 0 Å². The van der Waals surface area contributed by atoms with Gasteiger partial charge in [0.2, 0.25) is 5.91 Å². The first-order valence-corrected chi connectivity index (χ1v) is 10.6. The van der Waals surface area contributed by atoms with Gasteiger partial charge in [0.25, 0.3) is 0 Å². The van der Waals surface area contributed by atoms with Crippen LogP contribution in [-0.2, 0) is 24.3 Å². The van der Waals surface area contributed by atoms with Crippen molar-refractivity contribution in [3.8, 4) is 0 Å². The number of anilines is 1. The molecule has 0 aliphatic carbocycles. The first-order chi connectivity index (χ1) is 13.7. The van der Waals surface area contributed by atoms with Gasteiger partial charge in [0.15, 0.2) is 0 Å². The molecule has 1 amide bonds. The number of hydrogen-bond donors (Lipinski definition) is 1. The van der Waals surface area contributed by atoms with Crippen LogP contribution in [0.25, 0.3) is 0 Å². The molecule has 1 saturated heterocycles. The molecule has 1 N–H and O–H groups in total. The maximum absolute atomic E-state index is 12.9. The van der Waals surface area contributed by atoms with E-state index in [9.17, 15) is 4.79 Å². The number of fused-ring (bicyclic) bond motifs is 1. The summed E-state index contributed by atoms with van der Waals surface area (Å²) in [5.74, 6) is 0.101. The molecular formula is C24H31N3O. The number of carbonyl (C=O) groups is 1. The zero-order chi connectivity index (χ0) is 19.3. The fraction of sp³-hybridized carbons (Fsp3) is 0.458. The minimum absolute atomic E-state index is 0.101. The number of rotatable bonds is 6. The second-order valence-corrected chi connectivity index (χ2v) is 8.07. The Morgan fingerprint density at radius 2 is 1.68 bits per heavy atom. The molecule has 148 valence electrons. The van der Waals surface area contributed by atoms with Crippen molar-refractivity contribution in [2.75, 3.05) is 24.5 Å². The molecule has 4 heteroatoms. The molecule has 2 aliphatic heterocycles. The molecule has 4 rings (SSSR count). The van der Waals surface area contributed by atoms with E-state index >= 15 is 0 Å². The van der Waals surface area contributed by atoms with Crippen LogP contribution in [0.2, 0.25) is 0 Å². The highest BCUT2D eigenvalue weighted by molar-refractivity contribution is 5.85. The highest BCUT2D eigenvalue weighted by Crippen LogP contribution is 2.29. The number of piperidine rings is 1. The summed E-state index contributed by atoms with van der Waals surface area (Å²) in [6.07, 6.45) is 4.97. The summed E-state index contributed by atoms with van der Waals surface area (Å²) >= 11 is 0. The quantitative estimate of drug-likeness (QED) is 0.833. The number of likely N-dealkylation sites (tertiary alicyclic amines) is 1. The number of benzene rings is 2. The van der Waals surface area contributed by atoms with Gasteiger partial charge in [-0.1, -0.05) is 48.9 Å². The summed E-state index contributed by atoms with van der Waals surface area (Å²) in [7, 11) is 0. The lowest BCUT2D eigenvalue weighted by molar-refractivity contribution is -0.122. The van der Waals surface area contributed by atoms with Crippen molar-refractivity contribution in [3.05, 3.63) is 65.2 Å². The number of nitrogens with one attached hydrogen (secondary N) is 1. The molecule has 2 aliphatic rings. The topological polar surface area (TPSA) is 35.6 Å². The Kier molecular flexibility index (Phi) is 5.96. The number of carbonyl (C=O) groups excluding carboxylic acids is 1. The highest BCUT2D eigenvalue weighted by atomic mass is 16.2. The smallest absolute Gasteiger partial charge is 0.242 e. The Hall–Kier alpha value is -2.33. The largest absolute Gasteiger partial charge is 0.359 e. The number of para-hydroxylation sites is 1. The van der Waals surface area contributed by atoms with Gasteiger partial charge in [0.05, 0.1) is 0 Å². The number of nitrogens with zero attached hydrogens (tertiary/aromatic N) is 2. The third-order valence-corrected chi connectivity index (χ3v) is 6.18. The number of amides is 1. The van der Waals surface area contributed by atoms with E-state index in [1.165, 1.54) is 54.7 Å². The van der Waals surface area contributed by atoms with Crippen LogP contribution in [0.15, 0.2) is 48.5 Å². The van der Waals surface area contributed by atoms with Gasteiger partial charge >= 0.3 is 0 Å². The van der Waals surface area contributed by atoms with Crippen molar-refractivity contribution in [2.45, 2.75) is 51.7 Å². The predicted molar refractivity (Wildman–Crippen MR) is 114 cm³/mol. The molecule has 1 unspecified atom stereocenters. The van der Waals surface area contributed by atoms with E-state index in [0.717, 1.165) is 19.5 Å². The fourth-order valence-electron chi connectivity index (χ4n) is 4.48. The van der Waals surface area contributed by atoms with Crippen LogP contribution in [0.1, 0.15) is 42.9 Å². The normalized spacial score (nSPS) is 18.0. The zero-order valence-electron chi connectivity index (χ0n) is 16.9. The summed E-state index contributed by atoms with van der Waals surface area (Å²) in [6, 6.07) is 16.8. The SMILES string of the molecule is CC(C(=O)NCc1ccccc1CN1CCCCC1)N1CCc2ccccc21. The van der Waals surface area contributed by atoms with Crippen LogP contribution in [-0.4, -0.2) is 36.5 Å². The molecule has 2 aromatic carbocycles. The van der Waals surface area contributed by atoms with Crippen molar-refractivity contribution < 1.29 is 4.79 Å². The second-order valence-electron chi connectivity index (χ2n) is 8.07. The van der Waals surface area contributed by atoms with Crippen LogP contribution >= 0.6 is 0 Å². The first kappa shape index (κ1) is 19.0. The molecule has 2 heterocycles. The van der Waals surface area contributed by atoms with Gasteiger partial charge in [-0.2, -0.15) is 0 Å². The molecule has 0 bridgehead atoms. The summed E-state index contributed by atoms with van der Waals surface area (Å²) in [5, 5.41) is 3.18. The van der Waals surface area contributed by atoms with Crippen LogP contribution in [0.4, 0.5) is 5.69 Å². The summed E-state index contributed by atoms with van der Waals surface area (Å²) in [6.45, 7) is 6.89. The number of hydrogen-bond acceptors (Lipinski definition) is 3. The van der Waals surface area contributed by atoms with Gasteiger partial charge in [-0.25, -0.2) is 0 Å². The Bertz CT molecular complexity index is 813. The fourth-order valence-corrected chi connectivity index (χ4v) is 4.48. The van der Waals surface area contributed by atoms with Crippen molar-refractivity contribution in [1.82, 2.24) is 10.2 Å². The molecule has 28 heavy (non-hydrogen) atoms. The molecular weight excluding hydrogens is 346 g/mol. The molecule has 0 aromatic heterocycles. The maximum atomic E-state index is 12.9. The monoisotopic (exact) mass is 377 g/mol. The predicted octanol–water partition coefficient (Wildman–Crippen LogP) is 3.74. The minimum Gasteiger partial charge on any atom is -0.359 e. The van der Waals surface area contributed by atoms with Crippen molar-refractivity contribution >= 4 is 11.6 Å². The first-order valence-electron chi connectivity index (χ1n) is 10.6. The van der Waals surface area contributed by atoms with Crippen molar-refractivity contribution in [3.63, 3.8) is 0 Å². The Labute approximate surface area is 168 Å². The molecule has 1 fully saturated rings. The summed E-state index contributed by atoms with van der Waals surface area (Å²) < 4.78 is 0. The Morgan fingerprint density at radius 1 is 0.964 bits per heavy atom. The summed E-state index contributed by atoms with van der Waals surface area (Å²) in [4.78, 5) is 17.6. The molecule has 0 spiro atoms. The molecule has 0 radical (unpaired) electrons. The van der Waals surface area contributed by atoms with Gasteiger partial charge in [0.1, 0.15) is 6.04 Å². The standard InChI is InChI=1S/C24H31N3O/c1-19(27-16-13-20-9-5-6-12-23(20)27)24(28)25-17-21-10-3-4-11-22(21)18-26-14-7-2-8-15-26/h3-6,9-12,19H,2,7-8,13-18H2,1H3,(H,25,28). The lowest BCUT2D eigenvalue weighted by Crippen LogP contribution is -2.44. The molecule has 4 nitrogen and oxygen atoms in total. The van der Waals surface area contributed by atoms with Crippen LogP contribution in [0, 0.1) is 0 Å². The van der Waals surface area contributed by atoms with E-state index in [-0.39, 0.29) is 11.9 Å². The molecule has 2 aromatic rings. The lowest BCUT2D eigenvalue weighted by atomic mass is 10.0. The lowest BCUT2D eigenvalue weighted by Gasteiger charge is -2.28. The third kappa shape index (κ3) is 4.22. The van der Waals surface area contributed by atoms with Crippen LogP contribution in [0.5, 0.6) is 0 Å². The van der Waals surface area contributed by atoms with Gasteiger partial charge in [-0.3, -0.25) is 9.69 Å². The van der Waals surface area contributed by atoms with Crippen LogP contribution < -0.4 is 10.2 Å². The van der Waals surface area contributed by atoms with Gasteiger partial charge in [-0.05, 0) is 62.0 Å². The van der Waals surface area contributed by atoms with E-state index < -0.39 is 0 Å². The van der Waals surface area contributed by atoms with Crippen molar-refractivity contribution in [1.29, 1.82) is 0 Å².